The predicted molar refractivity (Wildman–Crippen MR) is 77.1 cm³/mol. The van der Waals surface area contributed by atoms with Crippen LogP contribution in [0.1, 0.15) is 31.5 Å². The lowest BCUT2D eigenvalue weighted by molar-refractivity contribution is 0.344. The highest BCUT2D eigenvalue weighted by Gasteiger charge is 2.17. The Labute approximate surface area is 111 Å². The number of nitrogens with zero attached hydrogens (tertiary/aromatic N) is 2. The Morgan fingerprint density at radius 2 is 2.06 bits per heavy atom. The standard InChI is InChI=1S/C15H25N3/c1-11(2)14(10-18(3)4)17-15-9-8-12-6-5-7-13(12)16-15/h8-9,11,14H,5-7,10H2,1-4H3,(H,16,17). The molecule has 0 bridgehead atoms. The minimum Gasteiger partial charge on any atom is -0.366 e. The maximum atomic E-state index is 4.75. The van der Waals surface area contributed by atoms with Crippen LogP contribution in [0, 0.1) is 5.92 Å². The van der Waals surface area contributed by atoms with Crippen molar-refractivity contribution >= 4 is 5.82 Å². The van der Waals surface area contributed by atoms with Gasteiger partial charge in [-0.15, -0.1) is 0 Å². The predicted octanol–water partition coefficient (Wildman–Crippen LogP) is 2.57. The van der Waals surface area contributed by atoms with E-state index in [9.17, 15) is 0 Å². The first-order valence-corrected chi connectivity index (χ1v) is 6.96. The molecule has 0 amide bonds. The molecule has 0 radical (unpaired) electrons. The molecule has 0 spiro atoms. The average Bonchev–Trinajstić information content (AvgIpc) is 2.74. The van der Waals surface area contributed by atoms with E-state index in [4.69, 9.17) is 4.98 Å². The van der Waals surface area contributed by atoms with Crippen LogP contribution < -0.4 is 5.32 Å². The van der Waals surface area contributed by atoms with E-state index < -0.39 is 0 Å². The van der Waals surface area contributed by atoms with Gasteiger partial charge in [-0.2, -0.15) is 0 Å². The minimum absolute atomic E-state index is 0.451. The second-order valence-corrected chi connectivity index (χ2v) is 5.91. The van der Waals surface area contributed by atoms with E-state index in [0.29, 0.717) is 12.0 Å². The van der Waals surface area contributed by atoms with Crippen LogP contribution in [0.3, 0.4) is 0 Å². The van der Waals surface area contributed by atoms with Crippen molar-refractivity contribution in [3.05, 3.63) is 23.4 Å². The van der Waals surface area contributed by atoms with Crippen LogP contribution in [-0.4, -0.2) is 36.6 Å². The molecule has 1 aliphatic carbocycles. The molecule has 1 aliphatic rings. The Morgan fingerprint density at radius 1 is 1.28 bits per heavy atom. The second-order valence-electron chi connectivity index (χ2n) is 5.91. The van der Waals surface area contributed by atoms with Gasteiger partial charge in [-0.05, 0) is 50.9 Å². The van der Waals surface area contributed by atoms with Crippen molar-refractivity contribution < 1.29 is 0 Å². The third-order valence-corrected chi connectivity index (χ3v) is 3.63. The van der Waals surface area contributed by atoms with Crippen molar-refractivity contribution in [2.24, 2.45) is 5.92 Å². The van der Waals surface area contributed by atoms with Crippen molar-refractivity contribution in [2.75, 3.05) is 26.0 Å². The summed E-state index contributed by atoms with van der Waals surface area (Å²) in [6, 6.07) is 4.83. The van der Waals surface area contributed by atoms with Gasteiger partial charge in [0.2, 0.25) is 0 Å². The van der Waals surface area contributed by atoms with Gasteiger partial charge in [0, 0.05) is 18.3 Å². The van der Waals surface area contributed by atoms with E-state index in [1.165, 1.54) is 24.1 Å². The van der Waals surface area contributed by atoms with Crippen LogP contribution in [0.2, 0.25) is 0 Å². The Morgan fingerprint density at radius 3 is 2.72 bits per heavy atom. The SMILES string of the molecule is CC(C)C(CN(C)C)Nc1ccc2c(n1)CCC2. The molecule has 0 aromatic carbocycles. The van der Waals surface area contributed by atoms with Crippen molar-refractivity contribution in [2.45, 2.75) is 39.2 Å². The van der Waals surface area contributed by atoms with Gasteiger partial charge < -0.3 is 10.2 Å². The Balaban J connectivity index is 2.06. The summed E-state index contributed by atoms with van der Waals surface area (Å²) in [6.07, 6.45) is 3.61. The van der Waals surface area contributed by atoms with E-state index in [1.54, 1.807) is 0 Å². The monoisotopic (exact) mass is 247 g/mol. The third-order valence-electron chi connectivity index (χ3n) is 3.63. The van der Waals surface area contributed by atoms with E-state index in [1.807, 2.05) is 0 Å². The van der Waals surface area contributed by atoms with Crippen LogP contribution in [0.4, 0.5) is 5.82 Å². The topological polar surface area (TPSA) is 28.2 Å². The van der Waals surface area contributed by atoms with Crippen LogP contribution in [-0.2, 0) is 12.8 Å². The summed E-state index contributed by atoms with van der Waals surface area (Å²) >= 11 is 0. The van der Waals surface area contributed by atoms with Gasteiger partial charge in [0.1, 0.15) is 5.82 Å². The number of hydrogen-bond acceptors (Lipinski definition) is 3. The molecule has 3 heteroatoms. The molecule has 18 heavy (non-hydrogen) atoms. The molecule has 100 valence electrons. The van der Waals surface area contributed by atoms with Crippen molar-refractivity contribution in [1.82, 2.24) is 9.88 Å². The van der Waals surface area contributed by atoms with E-state index in [-0.39, 0.29) is 0 Å². The van der Waals surface area contributed by atoms with Crippen LogP contribution in [0.5, 0.6) is 0 Å². The number of rotatable bonds is 5. The lowest BCUT2D eigenvalue weighted by Gasteiger charge is -2.26. The second kappa shape index (κ2) is 5.70. The summed E-state index contributed by atoms with van der Waals surface area (Å²) in [6.45, 7) is 5.56. The van der Waals surface area contributed by atoms with Crippen LogP contribution in [0.25, 0.3) is 0 Å². The molecule has 0 saturated heterocycles. The molecule has 0 fully saturated rings. The van der Waals surface area contributed by atoms with Gasteiger partial charge >= 0.3 is 0 Å². The molecule has 1 unspecified atom stereocenters. The van der Waals surface area contributed by atoms with Gasteiger partial charge in [0.25, 0.3) is 0 Å². The summed E-state index contributed by atoms with van der Waals surface area (Å²) in [7, 11) is 4.24. The number of anilines is 1. The Kier molecular flexibility index (Phi) is 4.23. The first kappa shape index (κ1) is 13.3. The summed E-state index contributed by atoms with van der Waals surface area (Å²) in [5, 5.41) is 3.59. The zero-order chi connectivity index (χ0) is 13.1. The molecule has 2 rings (SSSR count). The fraction of sp³-hybridized carbons (Fsp3) is 0.667. The highest BCUT2D eigenvalue weighted by atomic mass is 15.1. The number of hydrogen-bond donors (Lipinski definition) is 1. The summed E-state index contributed by atoms with van der Waals surface area (Å²) in [5.74, 6) is 1.64. The number of aryl methyl sites for hydroxylation is 2. The van der Waals surface area contributed by atoms with Gasteiger partial charge in [0.15, 0.2) is 0 Å². The van der Waals surface area contributed by atoms with Crippen LogP contribution >= 0.6 is 0 Å². The molecule has 0 saturated carbocycles. The number of likely N-dealkylation sites (N-methyl/N-ethyl adjacent to an activating group) is 1. The van der Waals surface area contributed by atoms with E-state index in [0.717, 1.165) is 18.8 Å². The minimum atomic E-state index is 0.451. The first-order chi connectivity index (χ1) is 8.56. The number of fused-ring (bicyclic) bond motifs is 1. The summed E-state index contributed by atoms with van der Waals surface area (Å²) in [4.78, 5) is 6.98. The van der Waals surface area contributed by atoms with E-state index >= 15 is 0 Å². The molecule has 1 aromatic heterocycles. The zero-order valence-corrected chi connectivity index (χ0v) is 12.0. The Bertz CT molecular complexity index is 399. The normalized spacial score (nSPS) is 16.1. The quantitative estimate of drug-likeness (QED) is 0.867. The number of aromatic nitrogens is 1. The fourth-order valence-corrected chi connectivity index (χ4v) is 2.51. The molecular formula is C15H25N3. The highest BCUT2D eigenvalue weighted by molar-refractivity contribution is 5.41. The summed E-state index contributed by atoms with van der Waals surface area (Å²) in [5.41, 5.74) is 2.74. The lowest BCUT2D eigenvalue weighted by Crippen LogP contribution is -2.36. The van der Waals surface area contributed by atoms with Crippen molar-refractivity contribution in [3.8, 4) is 0 Å². The molecular weight excluding hydrogens is 222 g/mol. The van der Waals surface area contributed by atoms with Gasteiger partial charge in [-0.3, -0.25) is 0 Å². The first-order valence-electron chi connectivity index (χ1n) is 6.96. The molecule has 0 aliphatic heterocycles. The molecule has 3 nitrogen and oxygen atoms in total. The number of nitrogens with one attached hydrogen (secondary N) is 1. The smallest absolute Gasteiger partial charge is 0.126 e. The van der Waals surface area contributed by atoms with Gasteiger partial charge in [0.05, 0.1) is 0 Å². The molecule has 1 aromatic rings. The third kappa shape index (κ3) is 3.22. The van der Waals surface area contributed by atoms with Crippen molar-refractivity contribution in [1.29, 1.82) is 0 Å². The summed E-state index contributed by atoms with van der Waals surface area (Å²) < 4.78 is 0. The van der Waals surface area contributed by atoms with Crippen LogP contribution in [0.15, 0.2) is 12.1 Å². The molecule has 1 atom stereocenters. The largest absolute Gasteiger partial charge is 0.366 e. The molecule has 1 heterocycles. The fourth-order valence-electron chi connectivity index (χ4n) is 2.51. The van der Waals surface area contributed by atoms with Crippen molar-refractivity contribution in [3.63, 3.8) is 0 Å². The average molecular weight is 247 g/mol. The highest BCUT2D eigenvalue weighted by Crippen LogP contribution is 2.22. The lowest BCUT2D eigenvalue weighted by atomic mass is 10.0. The van der Waals surface area contributed by atoms with Gasteiger partial charge in [-0.1, -0.05) is 19.9 Å². The number of pyridine rings is 1. The molecule has 1 N–H and O–H groups in total. The maximum absolute atomic E-state index is 4.75. The van der Waals surface area contributed by atoms with Gasteiger partial charge in [-0.25, -0.2) is 4.98 Å². The Hall–Kier alpha value is -1.09. The zero-order valence-electron chi connectivity index (χ0n) is 12.0. The van der Waals surface area contributed by atoms with E-state index in [2.05, 4.69) is 50.3 Å². The maximum Gasteiger partial charge on any atom is 0.126 e.